The van der Waals surface area contributed by atoms with Gasteiger partial charge >= 0.3 is 0 Å². The van der Waals surface area contributed by atoms with Crippen LogP contribution in [0.25, 0.3) is 0 Å². The molecule has 21 heavy (non-hydrogen) atoms. The maximum Gasteiger partial charge on any atom is 0.203 e. The molecule has 0 aliphatic heterocycles. The van der Waals surface area contributed by atoms with Crippen LogP contribution in [0.1, 0.15) is 23.4 Å². The molecule has 0 unspecified atom stereocenters. The lowest BCUT2D eigenvalue weighted by molar-refractivity contribution is 0.323. The van der Waals surface area contributed by atoms with Crippen molar-refractivity contribution in [3.63, 3.8) is 0 Å². The van der Waals surface area contributed by atoms with Gasteiger partial charge in [-0.25, -0.2) is 0 Å². The van der Waals surface area contributed by atoms with E-state index in [0.29, 0.717) is 23.3 Å². The zero-order chi connectivity index (χ0) is 15.2. The third kappa shape index (κ3) is 3.68. The number of benzene rings is 1. The van der Waals surface area contributed by atoms with E-state index in [0.717, 1.165) is 12.1 Å². The van der Waals surface area contributed by atoms with Gasteiger partial charge < -0.3 is 19.5 Å². The number of ether oxygens (including phenoxy) is 3. The molecule has 0 amide bonds. The first kappa shape index (κ1) is 15.7. The first-order valence-electron chi connectivity index (χ1n) is 6.75. The smallest absolute Gasteiger partial charge is 0.203 e. The van der Waals surface area contributed by atoms with Gasteiger partial charge in [0, 0.05) is 17.5 Å². The van der Waals surface area contributed by atoms with E-state index in [4.69, 9.17) is 14.2 Å². The third-order valence-corrected chi connectivity index (χ3v) is 4.36. The van der Waals surface area contributed by atoms with Gasteiger partial charge in [0.15, 0.2) is 11.5 Å². The van der Waals surface area contributed by atoms with E-state index in [1.807, 2.05) is 12.1 Å². The predicted molar refractivity (Wildman–Crippen MR) is 85.7 cm³/mol. The minimum atomic E-state index is 0.309. The molecule has 2 rings (SSSR count). The van der Waals surface area contributed by atoms with E-state index in [1.54, 1.807) is 32.7 Å². The molecule has 1 heterocycles. The van der Waals surface area contributed by atoms with Gasteiger partial charge in [-0.2, -0.15) is 0 Å². The summed E-state index contributed by atoms with van der Waals surface area (Å²) in [5.41, 5.74) is 1.09. The summed E-state index contributed by atoms with van der Waals surface area (Å²) in [4.78, 5) is 1.32. The zero-order valence-corrected chi connectivity index (χ0v) is 13.6. The topological polar surface area (TPSA) is 39.7 Å². The van der Waals surface area contributed by atoms with Gasteiger partial charge in [-0.1, -0.05) is 6.07 Å². The monoisotopic (exact) mass is 307 g/mol. The molecule has 0 spiro atoms. The van der Waals surface area contributed by atoms with E-state index in [2.05, 4.69) is 29.8 Å². The van der Waals surface area contributed by atoms with Gasteiger partial charge in [-0.3, -0.25) is 0 Å². The van der Waals surface area contributed by atoms with Gasteiger partial charge in [-0.15, -0.1) is 11.3 Å². The fraction of sp³-hybridized carbons (Fsp3) is 0.375. The predicted octanol–water partition coefficient (Wildman–Crippen LogP) is 3.62. The van der Waals surface area contributed by atoms with E-state index < -0.39 is 0 Å². The molecule has 0 radical (unpaired) electrons. The molecular formula is C16H21NO3S. The van der Waals surface area contributed by atoms with Gasteiger partial charge in [-0.05, 0) is 36.1 Å². The number of thiophene rings is 1. The van der Waals surface area contributed by atoms with Crippen LogP contribution in [0.2, 0.25) is 0 Å². The van der Waals surface area contributed by atoms with Crippen LogP contribution in [-0.4, -0.2) is 21.3 Å². The molecule has 114 valence electrons. The molecule has 4 nitrogen and oxygen atoms in total. The SMILES string of the molecule is COc1cc(CN[C@@H](C)c2cccs2)cc(OC)c1OC. The Morgan fingerprint density at radius 3 is 2.24 bits per heavy atom. The highest BCUT2D eigenvalue weighted by molar-refractivity contribution is 7.10. The number of hydrogen-bond donors (Lipinski definition) is 1. The molecule has 0 aliphatic carbocycles. The third-order valence-electron chi connectivity index (χ3n) is 3.31. The lowest BCUT2D eigenvalue weighted by Crippen LogP contribution is -2.17. The molecule has 1 aromatic carbocycles. The molecule has 0 fully saturated rings. The summed E-state index contributed by atoms with van der Waals surface area (Å²) in [6.45, 7) is 2.89. The molecule has 1 aromatic heterocycles. The Morgan fingerprint density at radius 2 is 1.76 bits per heavy atom. The Bertz CT molecular complexity index is 544. The maximum atomic E-state index is 5.37. The molecule has 1 atom stereocenters. The minimum absolute atomic E-state index is 0.309. The minimum Gasteiger partial charge on any atom is -0.493 e. The highest BCUT2D eigenvalue weighted by atomic mass is 32.1. The lowest BCUT2D eigenvalue weighted by atomic mass is 10.1. The van der Waals surface area contributed by atoms with Gasteiger partial charge in [0.25, 0.3) is 0 Å². The van der Waals surface area contributed by atoms with Crippen molar-refractivity contribution in [2.75, 3.05) is 21.3 Å². The fourth-order valence-electron chi connectivity index (χ4n) is 2.15. The summed E-state index contributed by atoms with van der Waals surface area (Å²) in [5, 5.41) is 5.59. The summed E-state index contributed by atoms with van der Waals surface area (Å²) < 4.78 is 16.1. The van der Waals surface area contributed by atoms with Crippen LogP contribution in [0.15, 0.2) is 29.6 Å². The molecule has 0 aliphatic rings. The van der Waals surface area contributed by atoms with E-state index in [1.165, 1.54) is 4.88 Å². The molecule has 1 N–H and O–H groups in total. The van der Waals surface area contributed by atoms with Crippen molar-refractivity contribution < 1.29 is 14.2 Å². The Hall–Kier alpha value is -1.72. The van der Waals surface area contributed by atoms with Crippen molar-refractivity contribution in [2.24, 2.45) is 0 Å². The summed E-state index contributed by atoms with van der Waals surface area (Å²) in [7, 11) is 4.86. The average Bonchev–Trinajstić information content (AvgIpc) is 3.05. The molecule has 0 saturated carbocycles. The lowest BCUT2D eigenvalue weighted by Gasteiger charge is -2.16. The quantitative estimate of drug-likeness (QED) is 0.848. The maximum absolute atomic E-state index is 5.37. The summed E-state index contributed by atoms with van der Waals surface area (Å²) in [5.74, 6) is 1.98. The molecule has 5 heteroatoms. The van der Waals surface area contributed by atoms with E-state index in [9.17, 15) is 0 Å². The summed E-state index contributed by atoms with van der Waals surface area (Å²) in [6.07, 6.45) is 0. The number of rotatable bonds is 7. The summed E-state index contributed by atoms with van der Waals surface area (Å²) in [6, 6.07) is 8.45. The van der Waals surface area contributed by atoms with Crippen molar-refractivity contribution in [1.29, 1.82) is 0 Å². The van der Waals surface area contributed by atoms with Crippen LogP contribution in [0.3, 0.4) is 0 Å². The first-order chi connectivity index (χ1) is 10.2. The average molecular weight is 307 g/mol. The van der Waals surface area contributed by atoms with Crippen LogP contribution in [0.5, 0.6) is 17.2 Å². The Morgan fingerprint density at radius 1 is 1.10 bits per heavy atom. The van der Waals surface area contributed by atoms with Crippen molar-refractivity contribution >= 4 is 11.3 Å². The standard InChI is InChI=1S/C16H21NO3S/c1-11(15-6-5-7-21-15)17-10-12-8-13(18-2)16(20-4)14(9-12)19-3/h5-9,11,17H,10H2,1-4H3/t11-/m0/s1. The second-order valence-electron chi connectivity index (χ2n) is 4.65. The van der Waals surface area contributed by atoms with E-state index in [-0.39, 0.29) is 0 Å². The Balaban J connectivity index is 2.13. The van der Waals surface area contributed by atoms with Crippen molar-refractivity contribution in [3.05, 3.63) is 40.1 Å². The number of hydrogen-bond acceptors (Lipinski definition) is 5. The zero-order valence-electron chi connectivity index (χ0n) is 12.8. The van der Waals surface area contributed by atoms with Crippen molar-refractivity contribution in [2.45, 2.75) is 19.5 Å². The molecular weight excluding hydrogens is 286 g/mol. The van der Waals surface area contributed by atoms with Crippen LogP contribution < -0.4 is 19.5 Å². The van der Waals surface area contributed by atoms with Gasteiger partial charge in [0.1, 0.15) is 0 Å². The number of methoxy groups -OCH3 is 3. The van der Waals surface area contributed by atoms with Crippen molar-refractivity contribution in [1.82, 2.24) is 5.32 Å². The van der Waals surface area contributed by atoms with Crippen molar-refractivity contribution in [3.8, 4) is 17.2 Å². The Labute approximate surface area is 129 Å². The molecule has 0 saturated heterocycles. The molecule has 2 aromatic rings. The van der Waals surface area contributed by atoms with Crippen LogP contribution in [0.4, 0.5) is 0 Å². The molecule has 0 bridgehead atoms. The first-order valence-corrected chi connectivity index (χ1v) is 7.63. The second kappa shape index (κ2) is 7.33. The van der Waals surface area contributed by atoms with Crippen LogP contribution >= 0.6 is 11.3 Å². The van der Waals surface area contributed by atoms with Gasteiger partial charge in [0.2, 0.25) is 5.75 Å². The number of nitrogens with one attached hydrogen (secondary N) is 1. The highest BCUT2D eigenvalue weighted by Crippen LogP contribution is 2.38. The Kier molecular flexibility index (Phi) is 5.47. The van der Waals surface area contributed by atoms with E-state index >= 15 is 0 Å². The normalized spacial score (nSPS) is 12.0. The van der Waals surface area contributed by atoms with Gasteiger partial charge in [0.05, 0.1) is 21.3 Å². The largest absolute Gasteiger partial charge is 0.493 e. The second-order valence-corrected chi connectivity index (χ2v) is 5.63. The van der Waals surface area contributed by atoms with Crippen LogP contribution in [-0.2, 0) is 6.54 Å². The fourth-order valence-corrected chi connectivity index (χ4v) is 2.91. The highest BCUT2D eigenvalue weighted by Gasteiger charge is 2.14. The summed E-state index contributed by atoms with van der Waals surface area (Å²) >= 11 is 1.76. The van der Waals surface area contributed by atoms with Crippen LogP contribution in [0, 0.1) is 0 Å².